The van der Waals surface area contributed by atoms with Gasteiger partial charge in [-0.25, -0.2) is 9.97 Å². The van der Waals surface area contributed by atoms with Gasteiger partial charge in [-0.05, 0) is 125 Å². The van der Waals surface area contributed by atoms with Gasteiger partial charge in [0.15, 0.2) is 0 Å². The normalized spacial score (nSPS) is 16.7. The Bertz CT molecular complexity index is 2920. The van der Waals surface area contributed by atoms with Crippen LogP contribution in [0.4, 0.5) is 0 Å². The Morgan fingerprint density at radius 1 is 0.877 bits per heavy atom. The van der Waals surface area contributed by atoms with Crippen molar-refractivity contribution in [3.05, 3.63) is 140 Å². The molecule has 3 atom stereocenters. The van der Waals surface area contributed by atoms with Crippen molar-refractivity contribution in [3.8, 4) is 11.8 Å². The zero-order chi connectivity index (χ0) is 46.1. The van der Waals surface area contributed by atoms with Crippen LogP contribution in [0.2, 0.25) is 0 Å². The second-order valence-electron chi connectivity index (χ2n) is 17.8. The van der Waals surface area contributed by atoms with E-state index in [0.29, 0.717) is 54.9 Å². The molecule has 4 aliphatic rings. The number of aryl methyl sites for hydroxylation is 2. The molecular formula is C55H60N6O4. The lowest BCUT2D eigenvalue weighted by atomic mass is 9.84. The maximum atomic E-state index is 14.9. The van der Waals surface area contributed by atoms with Crippen molar-refractivity contribution in [1.82, 2.24) is 30.2 Å². The van der Waals surface area contributed by atoms with E-state index in [9.17, 15) is 14.4 Å². The SMILES string of the molecule is CC#Cc1cccc(COC(C)C2=C(C)c3cc4[nH]c(c5c6[nH]c(cc7nc(cc2n3)C(C)=C7CC)c(C)c6C(=O)N(CCCC)C5=O)[C@@H](CCC(=O)NCc2ccc(C)cc2)C4C)c1. The van der Waals surface area contributed by atoms with Crippen molar-refractivity contribution in [3.63, 3.8) is 0 Å². The van der Waals surface area contributed by atoms with Crippen LogP contribution < -0.4 is 5.32 Å². The lowest BCUT2D eigenvalue weighted by Crippen LogP contribution is -2.41. The number of hydrogen-bond donors (Lipinski definition) is 3. The van der Waals surface area contributed by atoms with E-state index < -0.39 is 0 Å². The van der Waals surface area contributed by atoms with Gasteiger partial charge in [0, 0.05) is 59.4 Å². The quantitative estimate of drug-likeness (QED) is 0.0905. The number of fused-ring (bicyclic) bond motifs is 8. The number of unbranched alkanes of at least 4 members (excludes halogenated alkanes) is 1. The van der Waals surface area contributed by atoms with E-state index in [1.54, 1.807) is 0 Å². The fourth-order valence-corrected chi connectivity index (χ4v) is 9.67. The Morgan fingerprint density at radius 2 is 1.62 bits per heavy atom. The van der Waals surface area contributed by atoms with Gasteiger partial charge in [0.2, 0.25) is 5.91 Å². The number of carbonyl (C=O) groups is 3. The predicted octanol–water partition coefficient (Wildman–Crippen LogP) is 11.3. The molecule has 2 aromatic heterocycles. The van der Waals surface area contributed by atoms with Crippen LogP contribution in [-0.4, -0.2) is 55.2 Å². The number of aromatic nitrogens is 4. The number of carbonyl (C=O) groups excluding carboxylic acids is 3. The molecule has 65 heavy (non-hydrogen) atoms. The second-order valence-corrected chi connectivity index (χ2v) is 17.8. The number of nitrogens with one attached hydrogen (secondary N) is 3. The monoisotopic (exact) mass is 868 g/mol. The number of rotatable bonds is 13. The summed E-state index contributed by atoms with van der Waals surface area (Å²) in [5.74, 6) is 5.04. The molecule has 8 bridgehead atoms. The molecule has 10 nitrogen and oxygen atoms in total. The number of imide groups is 1. The first-order valence-electron chi connectivity index (χ1n) is 23.1. The molecule has 3 amide bonds. The Labute approximate surface area is 382 Å². The van der Waals surface area contributed by atoms with Crippen molar-refractivity contribution in [1.29, 1.82) is 0 Å². The highest BCUT2D eigenvalue weighted by atomic mass is 16.5. The molecule has 0 spiro atoms. The van der Waals surface area contributed by atoms with E-state index in [1.807, 2.05) is 63.2 Å². The standard InChI is InChI=1S/C55H60N6O4/c1-10-13-24-61-54(63)50-35(8)45-27-46-40(12-3)32(5)42(57-46)28-47-49(36(9)65-30-39-17-14-16-37(25-39)15-11-2)34(7)44(58-47)26-43-33(6)41(52(59-43)51(55(61)64)53(50)60-45)22-23-48(62)56-29-38-20-18-31(4)19-21-38/h14,16-21,25-28,33,36,41,59-60H,10,12-13,22-24,29-30H2,1-9H3,(H,56,62)/t33?,36?,41-/m0/s1. The summed E-state index contributed by atoms with van der Waals surface area (Å²) in [5, 5.41) is 3.11. The molecule has 334 valence electrons. The molecule has 4 aromatic rings. The first-order valence-corrected chi connectivity index (χ1v) is 23.1. The van der Waals surface area contributed by atoms with E-state index in [0.717, 1.165) is 96.9 Å². The van der Waals surface area contributed by atoms with E-state index in [2.05, 4.69) is 92.9 Å². The molecule has 3 N–H and O–H groups in total. The van der Waals surface area contributed by atoms with Crippen LogP contribution in [0.3, 0.4) is 0 Å². The third-order valence-electron chi connectivity index (χ3n) is 13.5. The van der Waals surface area contributed by atoms with Gasteiger partial charge >= 0.3 is 0 Å². The Kier molecular flexibility index (Phi) is 13.1. The summed E-state index contributed by atoms with van der Waals surface area (Å²) in [6.07, 6.45) is 2.65. The highest BCUT2D eigenvalue weighted by Gasteiger charge is 2.40. The van der Waals surface area contributed by atoms with Crippen LogP contribution in [0.25, 0.3) is 33.3 Å². The minimum absolute atomic E-state index is 0.0678. The number of benzene rings is 2. The molecule has 0 saturated carbocycles. The van der Waals surface area contributed by atoms with Crippen LogP contribution in [-0.2, 0) is 22.7 Å². The van der Waals surface area contributed by atoms with Crippen LogP contribution in [0.1, 0.15) is 175 Å². The summed E-state index contributed by atoms with van der Waals surface area (Å²) in [7, 11) is 0. The zero-order valence-corrected chi connectivity index (χ0v) is 39.2. The summed E-state index contributed by atoms with van der Waals surface area (Å²) in [5.41, 5.74) is 16.0. The number of amides is 3. The van der Waals surface area contributed by atoms with Gasteiger partial charge in [0.05, 0.1) is 52.1 Å². The summed E-state index contributed by atoms with van der Waals surface area (Å²) >= 11 is 0. The molecule has 10 heteroatoms. The third kappa shape index (κ3) is 8.82. The molecule has 0 fully saturated rings. The Balaban J connectivity index is 1.31. The predicted molar refractivity (Wildman–Crippen MR) is 259 cm³/mol. The fraction of sp³-hybridized carbons (Fsp3) is 0.364. The lowest BCUT2D eigenvalue weighted by molar-refractivity contribution is -0.121. The number of nitrogens with zero attached hydrogens (tertiary/aromatic N) is 3. The third-order valence-corrected chi connectivity index (χ3v) is 13.5. The largest absolute Gasteiger partial charge is 0.369 e. The first-order chi connectivity index (χ1) is 31.3. The molecule has 0 aliphatic carbocycles. The summed E-state index contributed by atoms with van der Waals surface area (Å²) in [6, 6.07) is 22.4. The summed E-state index contributed by atoms with van der Waals surface area (Å²) < 4.78 is 6.64. The van der Waals surface area contributed by atoms with Crippen molar-refractivity contribution in [2.45, 2.75) is 126 Å². The smallest absolute Gasteiger partial charge is 0.264 e. The van der Waals surface area contributed by atoms with Crippen LogP contribution in [0, 0.1) is 25.7 Å². The van der Waals surface area contributed by atoms with Gasteiger partial charge < -0.3 is 20.0 Å². The number of allylic oxidation sites excluding steroid dienone is 3. The van der Waals surface area contributed by atoms with Gasteiger partial charge in [-0.3, -0.25) is 19.3 Å². The number of hydrogen-bond acceptors (Lipinski definition) is 6. The number of H-pyrrole nitrogens is 2. The van der Waals surface area contributed by atoms with E-state index in [1.165, 1.54) is 4.90 Å². The van der Waals surface area contributed by atoms with Gasteiger partial charge in [0.25, 0.3) is 11.8 Å². The number of ether oxygens (including phenoxy) is 1. The Morgan fingerprint density at radius 3 is 2.35 bits per heavy atom. The average molecular weight is 869 g/mol. The number of aromatic amines is 2. The first kappa shape index (κ1) is 45.0. The molecule has 0 saturated heterocycles. The topological polar surface area (TPSA) is 133 Å². The average Bonchev–Trinajstić information content (AvgIpc) is 3.98. The second kappa shape index (κ2) is 18.9. The Hall–Kier alpha value is -6.57. The lowest BCUT2D eigenvalue weighted by Gasteiger charge is -2.27. The highest BCUT2D eigenvalue weighted by Crippen LogP contribution is 2.45. The van der Waals surface area contributed by atoms with E-state index in [-0.39, 0.29) is 42.1 Å². The van der Waals surface area contributed by atoms with Crippen LogP contribution in [0.15, 0.2) is 66.7 Å². The molecule has 2 aromatic carbocycles. The van der Waals surface area contributed by atoms with Crippen molar-refractivity contribution in [2.75, 3.05) is 6.54 Å². The van der Waals surface area contributed by atoms with Crippen molar-refractivity contribution < 1.29 is 19.1 Å². The zero-order valence-electron chi connectivity index (χ0n) is 39.2. The molecule has 2 unspecified atom stereocenters. The van der Waals surface area contributed by atoms with Crippen molar-refractivity contribution in [2.24, 2.45) is 0 Å². The van der Waals surface area contributed by atoms with Crippen molar-refractivity contribution >= 4 is 51.0 Å². The van der Waals surface area contributed by atoms with Crippen LogP contribution in [0.5, 0.6) is 0 Å². The molecule has 6 heterocycles. The molecule has 0 radical (unpaired) electrons. The minimum atomic E-state index is -0.339. The maximum absolute atomic E-state index is 14.9. The van der Waals surface area contributed by atoms with Gasteiger partial charge in [-0.1, -0.05) is 75.1 Å². The summed E-state index contributed by atoms with van der Waals surface area (Å²) in [6.45, 7) is 19.5. The van der Waals surface area contributed by atoms with E-state index in [4.69, 9.17) is 14.7 Å². The molecule has 4 aliphatic heterocycles. The van der Waals surface area contributed by atoms with E-state index >= 15 is 0 Å². The van der Waals surface area contributed by atoms with Crippen LogP contribution >= 0.6 is 0 Å². The fourth-order valence-electron chi connectivity index (χ4n) is 9.67. The molecular weight excluding hydrogens is 809 g/mol. The van der Waals surface area contributed by atoms with Gasteiger partial charge in [0.1, 0.15) is 0 Å². The summed E-state index contributed by atoms with van der Waals surface area (Å²) in [4.78, 5) is 62.2. The minimum Gasteiger partial charge on any atom is -0.369 e. The molecule has 8 rings (SSSR count). The highest BCUT2D eigenvalue weighted by molar-refractivity contribution is 6.23. The maximum Gasteiger partial charge on any atom is 0.264 e. The van der Waals surface area contributed by atoms with Gasteiger partial charge in [-0.2, -0.15) is 0 Å². The van der Waals surface area contributed by atoms with Gasteiger partial charge in [-0.15, -0.1) is 5.92 Å².